The number of ether oxygens (including phenoxy) is 6. The van der Waals surface area contributed by atoms with Crippen molar-refractivity contribution >= 4 is 11.9 Å². The van der Waals surface area contributed by atoms with Crippen LogP contribution in [0.25, 0.3) is 0 Å². The van der Waals surface area contributed by atoms with E-state index in [-0.39, 0.29) is 19.4 Å². The summed E-state index contributed by atoms with van der Waals surface area (Å²) in [6.45, 7) is 2.50. The molecule has 0 aromatic rings. The van der Waals surface area contributed by atoms with Crippen LogP contribution in [0.3, 0.4) is 0 Å². The van der Waals surface area contributed by atoms with Gasteiger partial charge < -0.3 is 64.2 Å². The van der Waals surface area contributed by atoms with E-state index in [1.54, 1.807) is 12.2 Å². The Kier molecular flexibility index (Phi) is 36.2. The van der Waals surface area contributed by atoms with Crippen molar-refractivity contribution in [3.63, 3.8) is 0 Å². The van der Waals surface area contributed by atoms with Gasteiger partial charge in [-0.15, -0.1) is 0 Å². The number of unbranched alkanes of at least 4 members (excludes halogenated alkanes) is 25. The highest BCUT2D eigenvalue weighted by Crippen LogP contribution is 2.26. The van der Waals surface area contributed by atoms with Crippen molar-refractivity contribution in [1.29, 1.82) is 0 Å². The van der Waals surface area contributed by atoms with Crippen LogP contribution in [0.2, 0.25) is 0 Å². The molecule has 0 saturated carbocycles. The highest BCUT2D eigenvalue weighted by Gasteiger charge is 2.47. The van der Waals surface area contributed by atoms with E-state index in [1.165, 1.54) is 135 Å². The molecule has 392 valence electrons. The van der Waals surface area contributed by atoms with E-state index in [1.807, 2.05) is 12.2 Å². The fourth-order valence-corrected chi connectivity index (χ4v) is 8.36. The molecular formula is C52H94O15. The van der Waals surface area contributed by atoms with Crippen LogP contribution in [-0.4, -0.2) is 142 Å². The SMILES string of the molecule is CCCCCCCCCCCCCCC=CCC(=O)O[C@H](COC(=O)CC=CCCCCCCCCCCCCCCC)CO[C@@H]1O[C@H](CO[C@H]2O[C@H](CO)[C@H](O)C(O)C2O)[C@H](O)C(O)C1O. The summed E-state index contributed by atoms with van der Waals surface area (Å²) in [6.07, 6.45) is 24.0. The van der Waals surface area contributed by atoms with Gasteiger partial charge in [-0.2, -0.15) is 0 Å². The molecule has 67 heavy (non-hydrogen) atoms. The smallest absolute Gasteiger partial charge is 0.310 e. The molecule has 15 nitrogen and oxygen atoms in total. The molecule has 15 heteroatoms. The quantitative estimate of drug-likeness (QED) is 0.0178. The van der Waals surface area contributed by atoms with E-state index in [9.17, 15) is 45.3 Å². The molecule has 4 unspecified atom stereocenters. The third-order valence-electron chi connectivity index (χ3n) is 12.7. The van der Waals surface area contributed by atoms with Gasteiger partial charge in [-0.3, -0.25) is 9.59 Å². The van der Waals surface area contributed by atoms with Gasteiger partial charge in [-0.25, -0.2) is 0 Å². The van der Waals surface area contributed by atoms with Crippen LogP contribution in [-0.2, 0) is 38.0 Å². The third kappa shape index (κ3) is 27.8. The minimum Gasteiger partial charge on any atom is -0.461 e. The number of hydrogen-bond donors (Lipinski definition) is 7. The number of aliphatic hydroxyl groups is 7. The lowest BCUT2D eigenvalue weighted by Crippen LogP contribution is -2.61. The average molecular weight is 959 g/mol. The highest BCUT2D eigenvalue weighted by molar-refractivity contribution is 5.72. The van der Waals surface area contributed by atoms with Gasteiger partial charge in [0.25, 0.3) is 0 Å². The Hall–Kier alpha value is -2.02. The first-order chi connectivity index (χ1) is 32.5. The summed E-state index contributed by atoms with van der Waals surface area (Å²) in [5, 5.41) is 72.0. The van der Waals surface area contributed by atoms with E-state index in [0.717, 1.165) is 38.5 Å². The normalized spacial score (nSPS) is 26.1. The Balaban J connectivity index is 1.83. The van der Waals surface area contributed by atoms with Gasteiger partial charge in [0, 0.05) is 0 Å². The van der Waals surface area contributed by atoms with Gasteiger partial charge >= 0.3 is 11.9 Å². The van der Waals surface area contributed by atoms with Gasteiger partial charge in [0.15, 0.2) is 18.7 Å². The van der Waals surface area contributed by atoms with Gasteiger partial charge in [0.1, 0.15) is 55.4 Å². The number of rotatable bonds is 41. The third-order valence-corrected chi connectivity index (χ3v) is 12.7. The molecule has 0 aromatic carbocycles. The Labute approximate surface area is 403 Å². The molecule has 0 bridgehead atoms. The molecule has 0 aliphatic carbocycles. The Morgan fingerprint density at radius 1 is 0.463 bits per heavy atom. The number of carbonyl (C=O) groups is 2. The maximum atomic E-state index is 13.0. The maximum absolute atomic E-state index is 13.0. The highest BCUT2D eigenvalue weighted by atomic mass is 16.7. The largest absolute Gasteiger partial charge is 0.461 e. The number of aliphatic hydroxyl groups excluding tert-OH is 7. The summed E-state index contributed by atoms with van der Waals surface area (Å²) in [7, 11) is 0. The zero-order valence-electron chi connectivity index (χ0n) is 41.4. The fourth-order valence-electron chi connectivity index (χ4n) is 8.36. The molecule has 2 fully saturated rings. The molecule has 2 aliphatic rings. The van der Waals surface area contributed by atoms with E-state index in [0.29, 0.717) is 0 Å². The van der Waals surface area contributed by atoms with Crippen LogP contribution in [0.1, 0.15) is 200 Å². The molecule has 11 atom stereocenters. The summed E-state index contributed by atoms with van der Waals surface area (Å²) < 4.78 is 33.4. The Morgan fingerprint density at radius 2 is 0.851 bits per heavy atom. The van der Waals surface area contributed by atoms with Crippen molar-refractivity contribution in [2.24, 2.45) is 0 Å². The summed E-state index contributed by atoms with van der Waals surface area (Å²) in [6, 6.07) is 0. The van der Waals surface area contributed by atoms with E-state index in [2.05, 4.69) is 13.8 Å². The zero-order valence-corrected chi connectivity index (χ0v) is 41.4. The molecule has 7 N–H and O–H groups in total. The van der Waals surface area contributed by atoms with Gasteiger partial charge in [0.05, 0.1) is 32.7 Å². The average Bonchev–Trinajstić information content (AvgIpc) is 3.32. The monoisotopic (exact) mass is 959 g/mol. The first kappa shape index (κ1) is 61.1. The van der Waals surface area contributed by atoms with Crippen molar-refractivity contribution in [2.45, 2.75) is 268 Å². The summed E-state index contributed by atoms with van der Waals surface area (Å²) in [4.78, 5) is 25.7. The summed E-state index contributed by atoms with van der Waals surface area (Å²) >= 11 is 0. The van der Waals surface area contributed by atoms with Gasteiger partial charge in [-0.1, -0.05) is 186 Å². The van der Waals surface area contributed by atoms with E-state index < -0.39 is 99.3 Å². The van der Waals surface area contributed by atoms with Crippen LogP contribution >= 0.6 is 0 Å². The van der Waals surface area contributed by atoms with E-state index in [4.69, 9.17) is 28.4 Å². The molecule has 0 aromatic heterocycles. The topological polar surface area (TPSA) is 231 Å². The van der Waals surface area contributed by atoms with Crippen LogP contribution in [0.5, 0.6) is 0 Å². The summed E-state index contributed by atoms with van der Waals surface area (Å²) in [5.74, 6) is -1.11. The standard InChI is InChI=1S/C52H94O15/c1-3-5-7-9-11-13-15-17-19-21-22-24-26-28-30-32-34-43(54)62-37-40(65-44(55)35-33-31-29-27-25-23-20-18-16-14-12-10-8-6-4-2)38-63-51-50(61)48(59)46(57)42(67-51)39-64-52-49(60)47(58)45(56)41(36-53)66-52/h30-33,40-42,45-53,56-61H,3-29,34-39H2,1-2H3/t40-,41-,42-,45+,46+,47?,48?,49?,50?,51-,52+/m1/s1. The maximum Gasteiger partial charge on any atom is 0.310 e. The lowest BCUT2D eigenvalue weighted by Gasteiger charge is -2.42. The minimum absolute atomic E-state index is 0.0184. The second-order valence-corrected chi connectivity index (χ2v) is 18.7. The van der Waals surface area contributed by atoms with Crippen LogP contribution < -0.4 is 0 Å². The Morgan fingerprint density at radius 3 is 1.30 bits per heavy atom. The van der Waals surface area contributed by atoms with Crippen molar-refractivity contribution in [3.05, 3.63) is 24.3 Å². The first-order valence-corrected chi connectivity index (χ1v) is 26.4. The molecular weight excluding hydrogens is 865 g/mol. The van der Waals surface area contributed by atoms with Crippen LogP contribution in [0.15, 0.2) is 24.3 Å². The van der Waals surface area contributed by atoms with E-state index >= 15 is 0 Å². The Bertz CT molecular complexity index is 1270. The molecule has 0 amide bonds. The van der Waals surface area contributed by atoms with Gasteiger partial charge in [0.2, 0.25) is 0 Å². The number of esters is 2. The van der Waals surface area contributed by atoms with Gasteiger partial charge in [-0.05, 0) is 25.7 Å². The molecule has 2 aliphatic heterocycles. The van der Waals surface area contributed by atoms with Crippen molar-refractivity contribution in [1.82, 2.24) is 0 Å². The number of carbonyl (C=O) groups excluding carboxylic acids is 2. The molecule has 0 radical (unpaired) electrons. The first-order valence-electron chi connectivity index (χ1n) is 26.4. The van der Waals surface area contributed by atoms with Crippen molar-refractivity contribution in [2.75, 3.05) is 26.4 Å². The second kappa shape index (κ2) is 39.7. The molecule has 2 heterocycles. The minimum atomic E-state index is -1.78. The van der Waals surface area contributed by atoms with Crippen LogP contribution in [0.4, 0.5) is 0 Å². The van der Waals surface area contributed by atoms with Crippen molar-refractivity contribution in [3.8, 4) is 0 Å². The zero-order chi connectivity index (χ0) is 48.9. The van der Waals surface area contributed by atoms with Crippen molar-refractivity contribution < 1.29 is 73.8 Å². The predicted octanol–water partition coefficient (Wildman–Crippen LogP) is 7.55. The number of hydrogen-bond acceptors (Lipinski definition) is 15. The fraction of sp³-hybridized carbons (Fsp3) is 0.885. The molecule has 0 spiro atoms. The number of allylic oxidation sites excluding steroid dienone is 2. The molecule has 2 rings (SSSR count). The molecule has 2 saturated heterocycles. The lowest BCUT2D eigenvalue weighted by atomic mass is 9.98. The second-order valence-electron chi connectivity index (χ2n) is 18.7. The predicted molar refractivity (Wildman–Crippen MR) is 257 cm³/mol. The summed E-state index contributed by atoms with van der Waals surface area (Å²) in [5.41, 5.74) is 0. The van der Waals surface area contributed by atoms with Crippen LogP contribution in [0, 0.1) is 0 Å². The lowest BCUT2D eigenvalue weighted by molar-refractivity contribution is -0.332.